The maximum absolute atomic E-state index is 12.1. The summed E-state index contributed by atoms with van der Waals surface area (Å²) < 4.78 is 15.4. The van der Waals surface area contributed by atoms with E-state index in [0.717, 1.165) is 15.7 Å². The van der Waals surface area contributed by atoms with E-state index in [1.165, 1.54) is 26.0 Å². The summed E-state index contributed by atoms with van der Waals surface area (Å²) in [6.07, 6.45) is 0. The van der Waals surface area contributed by atoms with Crippen LogP contribution in [0.25, 0.3) is 10.8 Å². The Balaban J connectivity index is 1.54. The zero-order chi connectivity index (χ0) is 21.5. The highest BCUT2D eigenvalue weighted by atomic mass is 35.5. The molecule has 0 heterocycles. The second kappa shape index (κ2) is 10.2. The first-order chi connectivity index (χ1) is 14.5. The largest absolute Gasteiger partial charge is 0.497 e. The molecule has 3 aromatic rings. The number of carbonyl (C=O) groups is 2. The standard InChI is InChI=1S/C22H20ClNO5S/c1-27-15-9-10-17(18(11-15)28-2)24-20(25)12-29-21(26)13-30-19-8-4-6-14-5-3-7-16(23)22(14)19/h3-11H,12-13H2,1-2H3,(H,24,25). The highest BCUT2D eigenvalue weighted by Crippen LogP contribution is 2.33. The first-order valence-corrected chi connectivity index (χ1v) is 10.4. The number of carbonyl (C=O) groups excluding carboxylic acids is 2. The van der Waals surface area contributed by atoms with E-state index >= 15 is 0 Å². The van der Waals surface area contributed by atoms with Crippen LogP contribution in [0.4, 0.5) is 5.69 Å². The van der Waals surface area contributed by atoms with Gasteiger partial charge in [0.25, 0.3) is 5.91 Å². The van der Waals surface area contributed by atoms with E-state index in [0.29, 0.717) is 22.2 Å². The van der Waals surface area contributed by atoms with Gasteiger partial charge in [0.15, 0.2) is 6.61 Å². The molecule has 3 rings (SSSR count). The maximum Gasteiger partial charge on any atom is 0.316 e. The Labute approximate surface area is 183 Å². The van der Waals surface area contributed by atoms with Crippen molar-refractivity contribution >= 4 is 51.7 Å². The van der Waals surface area contributed by atoms with Crippen molar-refractivity contribution in [1.82, 2.24) is 0 Å². The van der Waals surface area contributed by atoms with Crippen molar-refractivity contribution in [1.29, 1.82) is 0 Å². The molecule has 156 valence electrons. The van der Waals surface area contributed by atoms with Gasteiger partial charge in [-0.05, 0) is 29.7 Å². The highest BCUT2D eigenvalue weighted by Gasteiger charge is 2.13. The van der Waals surface area contributed by atoms with E-state index in [1.54, 1.807) is 18.2 Å². The molecule has 0 saturated heterocycles. The molecule has 1 amide bonds. The lowest BCUT2D eigenvalue weighted by Gasteiger charge is -2.12. The van der Waals surface area contributed by atoms with Gasteiger partial charge in [-0.3, -0.25) is 9.59 Å². The minimum absolute atomic E-state index is 0.0590. The number of anilines is 1. The van der Waals surface area contributed by atoms with Gasteiger partial charge in [-0.1, -0.05) is 35.9 Å². The summed E-state index contributed by atoms with van der Waals surface area (Å²) in [6.45, 7) is -0.398. The monoisotopic (exact) mass is 445 g/mol. The average Bonchev–Trinajstić information content (AvgIpc) is 2.76. The predicted octanol–water partition coefficient (Wildman–Crippen LogP) is 4.78. The number of halogens is 1. The van der Waals surface area contributed by atoms with Crippen molar-refractivity contribution in [2.45, 2.75) is 4.90 Å². The van der Waals surface area contributed by atoms with Crippen LogP contribution in [0, 0.1) is 0 Å². The molecule has 0 fully saturated rings. The van der Waals surface area contributed by atoms with Gasteiger partial charge in [-0.15, -0.1) is 11.8 Å². The molecule has 0 radical (unpaired) electrons. The number of amides is 1. The van der Waals surface area contributed by atoms with Crippen molar-refractivity contribution < 1.29 is 23.8 Å². The molecular weight excluding hydrogens is 426 g/mol. The number of methoxy groups -OCH3 is 2. The van der Waals surface area contributed by atoms with Gasteiger partial charge in [-0.2, -0.15) is 0 Å². The second-order valence-corrected chi connectivity index (χ2v) is 7.58. The van der Waals surface area contributed by atoms with E-state index in [9.17, 15) is 9.59 Å². The molecule has 30 heavy (non-hydrogen) atoms. The van der Waals surface area contributed by atoms with Crippen LogP contribution in [0.15, 0.2) is 59.5 Å². The predicted molar refractivity (Wildman–Crippen MR) is 119 cm³/mol. The summed E-state index contributed by atoms with van der Waals surface area (Å²) in [5.74, 6) is 0.133. The van der Waals surface area contributed by atoms with E-state index in [4.69, 9.17) is 25.8 Å². The van der Waals surface area contributed by atoms with Crippen molar-refractivity contribution in [3.63, 3.8) is 0 Å². The minimum atomic E-state index is -0.499. The van der Waals surface area contributed by atoms with Crippen molar-refractivity contribution in [2.24, 2.45) is 0 Å². The van der Waals surface area contributed by atoms with Gasteiger partial charge in [0.1, 0.15) is 11.5 Å². The molecule has 0 spiro atoms. The zero-order valence-electron chi connectivity index (χ0n) is 16.4. The van der Waals surface area contributed by atoms with Crippen molar-refractivity contribution in [3.05, 3.63) is 59.6 Å². The van der Waals surface area contributed by atoms with E-state index < -0.39 is 18.5 Å². The van der Waals surface area contributed by atoms with E-state index in [1.807, 2.05) is 36.4 Å². The first-order valence-electron chi connectivity index (χ1n) is 8.99. The van der Waals surface area contributed by atoms with Crippen LogP contribution in [0.5, 0.6) is 11.5 Å². The Morgan fingerprint density at radius 1 is 1.03 bits per heavy atom. The zero-order valence-corrected chi connectivity index (χ0v) is 18.0. The summed E-state index contributed by atoms with van der Waals surface area (Å²) in [5, 5.41) is 5.16. The average molecular weight is 446 g/mol. The van der Waals surface area contributed by atoms with E-state index in [-0.39, 0.29) is 5.75 Å². The molecule has 0 unspecified atom stereocenters. The van der Waals surface area contributed by atoms with Crippen LogP contribution >= 0.6 is 23.4 Å². The molecule has 0 aromatic heterocycles. The van der Waals surface area contributed by atoms with Crippen LogP contribution in [0.3, 0.4) is 0 Å². The fraction of sp³-hybridized carbons (Fsp3) is 0.182. The number of hydrogen-bond acceptors (Lipinski definition) is 6. The van der Waals surface area contributed by atoms with Crippen molar-refractivity contribution in [2.75, 3.05) is 31.9 Å². The number of hydrogen-bond donors (Lipinski definition) is 1. The number of thioether (sulfide) groups is 1. The van der Waals surface area contributed by atoms with Gasteiger partial charge in [0, 0.05) is 21.4 Å². The third kappa shape index (κ3) is 5.37. The van der Waals surface area contributed by atoms with Gasteiger partial charge in [-0.25, -0.2) is 0 Å². The second-order valence-electron chi connectivity index (χ2n) is 6.16. The van der Waals surface area contributed by atoms with Crippen molar-refractivity contribution in [3.8, 4) is 11.5 Å². The van der Waals surface area contributed by atoms with Crippen LogP contribution in [0.2, 0.25) is 5.02 Å². The number of esters is 1. The molecule has 8 heteroatoms. The van der Waals surface area contributed by atoms with Gasteiger partial charge in [0.2, 0.25) is 0 Å². The summed E-state index contributed by atoms with van der Waals surface area (Å²) in [5.41, 5.74) is 0.458. The van der Waals surface area contributed by atoms with Crippen LogP contribution in [0.1, 0.15) is 0 Å². The number of benzene rings is 3. The smallest absolute Gasteiger partial charge is 0.316 e. The molecule has 0 aliphatic rings. The lowest BCUT2D eigenvalue weighted by Crippen LogP contribution is -2.21. The minimum Gasteiger partial charge on any atom is -0.497 e. The Morgan fingerprint density at radius 2 is 1.80 bits per heavy atom. The Morgan fingerprint density at radius 3 is 2.53 bits per heavy atom. The Hall–Kier alpha value is -2.90. The third-order valence-electron chi connectivity index (χ3n) is 4.21. The van der Waals surface area contributed by atoms with Crippen LogP contribution in [-0.2, 0) is 14.3 Å². The lowest BCUT2D eigenvalue weighted by atomic mass is 10.1. The molecule has 0 aliphatic carbocycles. The molecule has 1 N–H and O–H groups in total. The maximum atomic E-state index is 12.1. The molecule has 0 aliphatic heterocycles. The fourth-order valence-electron chi connectivity index (χ4n) is 2.79. The summed E-state index contributed by atoms with van der Waals surface area (Å²) in [6, 6.07) is 16.4. The molecule has 3 aromatic carbocycles. The number of ether oxygens (including phenoxy) is 3. The number of fused-ring (bicyclic) bond motifs is 1. The Bertz CT molecular complexity index is 1070. The quantitative estimate of drug-likeness (QED) is 0.397. The summed E-state index contributed by atoms with van der Waals surface area (Å²) in [4.78, 5) is 25.1. The van der Waals surface area contributed by atoms with Crippen LogP contribution < -0.4 is 14.8 Å². The molecule has 6 nitrogen and oxygen atoms in total. The number of rotatable bonds is 8. The third-order valence-corrected chi connectivity index (χ3v) is 5.55. The van der Waals surface area contributed by atoms with Gasteiger partial charge in [0.05, 0.1) is 25.7 Å². The summed E-state index contributed by atoms with van der Waals surface area (Å²) in [7, 11) is 3.03. The molecular formula is C22H20ClNO5S. The lowest BCUT2D eigenvalue weighted by molar-refractivity contribution is -0.144. The number of nitrogens with one attached hydrogen (secondary N) is 1. The highest BCUT2D eigenvalue weighted by molar-refractivity contribution is 8.00. The van der Waals surface area contributed by atoms with E-state index in [2.05, 4.69) is 5.32 Å². The molecule has 0 bridgehead atoms. The van der Waals surface area contributed by atoms with Gasteiger partial charge < -0.3 is 19.5 Å². The molecule has 0 saturated carbocycles. The molecule has 0 atom stereocenters. The van der Waals surface area contributed by atoms with Gasteiger partial charge >= 0.3 is 5.97 Å². The summed E-state index contributed by atoms with van der Waals surface area (Å²) >= 11 is 7.61. The normalized spacial score (nSPS) is 10.5. The SMILES string of the molecule is COc1ccc(NC(=O)COC(=O)CSc2cccc3cccc(Cl)c23)c(OC)c1. The van der Waals surface area contributed by atoms with Crippen LogP contribution in [-0.4, -0.2) is 38.5 Å². The fourth-order valence-corrected chi connectivity index (χ4v) is 4.04. The topological polar surface area (TPSA) is 73.9 Å². The first kappa shape index (κ1) is 21.8. The Kier molecular flexibility index (Phi) is 7.43.